The van der Waals surface area contributed by atoms with Crippen LogP contribution in [0.15, 0.2) is 0 Å². The van der Waals surface area contributed by atoms with Crippen molar-refractivity contribution in [2.75, 3.05) is 32.9 Å². The minimum Gasteiger partial charge on any atom is -0.373 e. The maximum atomic E-state index is 6.93. The van der Waals surface area contributed by atoms with Crippen LogP contribution in [0.1, 0.15) is 131 Å². The van der Waals surface area contributed by atoms with Crippen LogP contribution in [0.3, 0.4) is 0 Å². The number of nitrogens with two attached hydrogens (primary N) is 2. The molecule has 0 amide bonds. The average Bonchev–Trinajstić information content (AvgIpc) is 2.88. The second-order valence-corrected chi connectivity index (χ2v) is 13.5. The third-order valence-electron chi connectivity index (χ3n) is 7.72. The highest BCUT2D eigenvalue weighted by atomic mass is 28.4. The summed E-state index contributed by atoms with van der Waals surface area (Å²) in [5, 5.41) is 0. The topological polar surface area (TPSA) is 79.7 Å². The van der Waals surface area contributed by atoms with Crippen molar-refractivity contribution < 1.29 is 13.3 Å². The summed E-state index contributed by atoms with van der Waals surface area (Å²) in [6, 6.07) is 0. The molecule has 0 bridgehead atoms. The highest BCUT2D eigenvalue weighted by Crippen LogP contribution is 2.35. The molecule has 0 rings (SSSR count). The van der Waals surface area contributed by atoms with Crippen LogP contribution in [0.4, 0.5) is 0 Å². The van der Waals surface area contributed by atoms with E-state index in [4.69, 9.17) is 24.7 Å². The third-order valence-corrected chi connectivity index (χ3v) is 11.0. The van der Waals surface area contributed by atoms with Gasteiger partial charge in [0, 0.05) is 25.4 Å². The molecular weight excluding hydrogens is 452 g/mol. The lowest BCUT2D eigenvalue weighted by molar-refractivity contribution is 0.0150. The van der Waals surface area contributed by atoms with Crippen LogP contribution in [0.5, 0.6) is 0 Å². The minimum absolute atomic E-state index is 0.175. The van der Waals surface area contributed by atoms with Gasteiger partial charge in [0.1, 0.15) is 0 Å². The van der Waals surface area contributed by atoms with Crippen molar-refractivity contribution in [3.63, 3.8) is 0 Å². The maximum absolute atomic E-state index is 6.93. The first-order valence-corrected chi connectivity index (χ1v) is 17.1. The van der Waals surface area contributed by atoms with E-state index in [1.807, 2.05) is 0 Å². The zero-order valence-corrected chi connectivity index (χ0v) is 25.6. The lowest BCUT2D eigenvalue weighted by atomic mass is 10.0. The Balaban J connectivity index is 5.92. The fraction of sp³-hybridized carbons (Fsp3) is 1.00. The number of unbranched alkanes of at least 4 members (excludes halogenated alkanes) is 3. The average molecular weight is 517 g/mol. The van der Waals surface area contributed by atoms with E-state index in [0.29, 0.717) is 30.8 Å². The van der Waals surface area contributed by atoms with Crippen molar-refractivity contribution in [3.05, 3.63) is 0 Å². The quantitative estimate of drug-likeness (QED) is 0.115. The first-order valence-electron chi connectivity index (χ1n) is 15.3. The second kappa shape index (κ2) is 23.2. The molecule has 35 heavy (non-hydrogen) atoms. The lowest BCUT2D eigenvalue weighted by Crippen LogP contribution is -2.53. The van der Waals surface area contributed by atoms with Gasteiger partial charge >= 0.3 is 8.80 Å². The van der Waals surface area contributed by atoms with Crippen LogP contribution in [0.2, 0.25) is 5.54 Å². The Morgan fingerprint density at radius 3 is 1.06 bits per heavy atom. The van der Waals surface area contributed by atoms with Crippen molar-refractivity contribution in [1.29, 1.82) is 0 Å². The summed E-state index contributed by atoms with van der Waals surface area (Å²) in [5.74, 6) is 1.65. The summed E-state index contributed by atoms with van der Waals surface area (Å²) in [5.41, 5.74) is 12.4. The van der Waals surface area contributed by atoms with Crippen molar-refractivity contribution >= 4 is 8.80 Å². The van der Waals surface area contributed by atoms with Gasteiger partial charge < -0.3 is 24.7 Å². The first-order chi connectivity index (χ1) is 17.0. The van der Waals surface area contributed by atoms with Gasteiger partial charge in [-0.25, -0.2) is 0 Å². The molecule has 3 unspecified atom stereocenters. The molecule has 212 valence electrons. The Morgan fingerprint density at radius 1 is 0.514 bits per heavy atom. The van der Waals surface area contributed by atoms with Gasteiger partial charge in [-0.3, -0.25) is 0 Å². The second-order valence-electron chi connectivity index (χ2n) is 10.6. The maximum Gasteiger partial charge on any atom is 0.504 e. The smallest absolute Gasteiger partial charge is 0.373 e. The lowest BCUT2D eigenvalue weighted by Gasteiger charge is -2.38. The monoisotopic (exact) mass is 516 g/mol. The van der Waals surface area contributed by atoms with Crippen LogP contribution >= 0.6 is 0 Å². The first kappa shape index (κ1) is 35.0. The number of hydrogen-bond acceptors (Lipinski definition) is 5. The van der Waals surface area contributed by atoms with Gasteiger partial charge in [0.2, 0.25) is 0 Å². The van der Waals surface area contributed by atoms with E-state index in [2.05, 4.69) is 41.5 Å². The van der Waals surface area contributed by atoms with E-state index in [9.17, 15) is 0 Å². The Morgan fingerprint density at radius 2 is 0.829 bits per heavy atom. The molecule has 0 heterocycles. The molecule has 0 aliphatic carbocycles. The Labute approximate surface area is 221 Å². The van der Waals surface area contributed by atoms with Gasteiger partial charge in [-0.1, -0.05) is 99.3 Å². The van der Waals surface area contributed by atoms with Gasteiger partial charge in [0.15, 0.2) is 0 Å². The Kier molecular flexibility index (Phi) is 23.2. The molecule has 5 nitrogen and oxygen atoms in total. The molecule has 0 aromatic carbocycles. The summed E-state index contributed by atoms with van der Waals surface area (Å²) >= 11 is 0. The van der Waals surface area contributed by atoms with E-state index >= 15 is 0 Å². The summed E-state index contributed by atoms with van der Waals surface area (Å²) < 4.78 is 20.8. The van der Waals surface area contributed by atoms with E-state index in [-0.39, 0.29) is 5.54 Å². The molecule has 0 aliphatic rings. The van der Waals surface area contributed by atoms with Crippen LogP contribution in [-0.4, -0.2) is 41.7 Å². The molecule has 0 fully saturated rings. The summed E-state index contributed by atoms with van der Waals surface area (Å²) in [4.78, 5) is 0. The van der Waals surface area contributed by atoms with Crippen molar-refractivity contribution in [1.82, 2.24) is 0 Å². The van der Waals surface area contributed by atoms with Gasteiger partial charge in [0.05, 0.1) is 0 Å². The van der Waals surface area contributed by atoms with Crippen LogP contribution in [0, 0.1) is 17.8 Å². The van der Waals surface area contributed by atoms with E-state index in [1.165, 1.54) is 57.8 Å². The number of rotatable bonds is 26. The molecule has 0 saturated carbocycles. The standard InChI is InChI=1S/C29H64N2O3Si/c1-7-13-16-26(10-4)23-32-35(29(19-21-30)20-22-31,33-24-27(11-5)17-14-8-2)34-25-28(12-6)18-15-9-3/h26-29H,7-25,30-31H2,1-6H3. The molecule has 4 N–H and O–H groups in total. The highest BCUT2D eigenvalue weighted by molar-refractivity contribution is 6.62. The van der Waals surface area contributed by atoms with Crippen molar-refractivity contribution in [2.45, 2.75) is 137 Å². The highest BCUT2D eigenvalue weighted by Gasteiger charge is 2.50. The molecule has 0 saturated heterocycles. The minimum atomic E-state index is -2.98. The van der Waals surface area contributed by atoms with Gasteiger partial charge in [-0.2, -0.15) is 0 Å². The SMILES string of the molecule is CCCCC(CC)CO[Si](OCC(CC)CCCC)(OCC(CC)CCCC)C(CCN)CCN. The summed E-state index contributed by atoms with van der Waals surface area (Å²) in [7, 11) is -2.98. The molecule has 0 spiro atoms. The molecule has 3 atom stereocenters. The van der Waals surface area contributed by atoms with Crippen LogP contribution in [0.25, 0.3) is 0 Å². The van der Waals surface area contributed by atoms with E-state index < -0.39 is 8.80 Å². The normalized spacial score (nSPS) is 16.4. The molecule has 0 aromatic rings. The van der Waals surface area contributed by atoms with Crippen LogP contribution < -0.4 is 11.5 Å². The largest absolute Gasteiger partial charge is 0.504 e. The zero-order valence-electron chi connectivity index (χ0n) is 24.6. The number of hydrogen-bond donors (Lipinski definition) is 2. The van der Waals surface area contributed by atoms with Crippen molar-refractivity contribution in [2.24, 2.45) is 29.2 Å². The van der Waals surface area contributed by atoms with E-state index in [0.717, 1.165) is 51.9 Å². The molecule has 6 heteroatoms. The fourth-order valence-corrected chi connectivity index (χ4v) is 8.18. The zero-order chi connectivity index (χ0) is 26.4. The predicted molar refractivity (Wildman–Crippen MR) is 155 cm³/mol. The van der Waals surface area contributed by atoms with E-state index in [1.54, 1.807) is 0 Å². The van der Waals surface area contributed by atoms with Crippen LogP contribution in [-0.2, 0) is 13.3 Å². The fourth-order valence-electron chi connectivity index (χ4n) is 4.78. The predicted octanol–water partition coefficient (Wildman–Crippen LogP) is 7.69. The van der Waals surface area contributed by atoms with Gasteiger partial charge in [-0.15, -0.1) is 0 Å². The Bertz CT molecular complexity index is 399. The van der Waals surface area contributed by atoms with Gasteiger partial charge in [0.25, 0.3) is 0 Å². The summed E-state index contributed by atoms with van der Waals surface area (Å²) in [6.07, 6.45) is 16.1. The third kappa shape index (κ3) is 15.1. The molecule has 0 aromatic heterocycles. The molecule has 0 aliphatic heterocycles. The molecule has 0 radical (unpaired) electrons. The summed E-state index contributed by atoms with van der Waals surface area (Å²) in [6.45, 7) is 17.0. The molecular formula is C29H64N2O3Si. The van der Waals surface area contributed by atoms with Crippen molar-refractivity contribution in [3.8, 4) is 0 Å². The Hall–Kier alpha value is 0.0169. The van der Waals surface area contributed by atoms with Gasteiger partial charge in [-0.05, 0) is 62.9 Å².